The minimum absolute atomic E-state index is 0.292. The Labute approximate surface area is 99.5 Å². The van der Waals surface area contributed by atoms with Crippen LogP contribution in [0.15, 0.2) is 30.3 Å². The molecule has 0 saturated carbocycles. The quantitative estimate of drug-likeness (QED) is 0.749. The first kappa shape index (κ1) is 11.6. The van der Waals surface area contributed by atoms with Crippen molar-refractivity contribution in [3.8, 4) is 0 Å². The van der Waals surface area contributed by atoms with E-state index in [9.17, 15) is 9.59 Å². The van der Waals surface area contributed by atoms with Crippen LogP contribution in [0.1, 0.15) is 25.3 Å². The van der Waals surface area contributed by atoms with Crippen molar-refractivity contribution in [3.63, 3.8) is 0 Å². The predicted molar refractivity (Wildman–Crippen MR) is 60.0 cm³/mol. The lowest BCUT2D eigenvalue weighted by molar-refractivity contribution is -0.212. The molecular formula is C13H14O4. The monoisotopic (exact) mass is 234 g/mol. The van der Waals surface area contributed by atoms with Gasteiger partial charge in [0.05, 0.1) is 12.8 Å². The van der Waals surface area contributed by atoms with Crippen molar-refractivity contribution in [3.05, 3.63) is 35.9 Å². The fourth-order valence-corrected chi connectivity index (χ4v) is 2.00. The number of carbonyl (C=O) groups excluding carboxylic acids is 2. The first-order valence-electron chi connectivity index (χ1n) is 5.55. The maximum absolute atomic E-state index is 11.2. The number of cyclic esters (lactones) is 1. The Kier molecular flexibility index (Phi) is 3.13. The standard InChI is InChI=1S/C13H14O4/c1-10(14)16-13(8-7-12(15)17-13)9-11-5-3-2-4-6-11/h2-6H,7-9H2,1H3. The smallest absolute Gasteiger partial charge is 0.309 e. The highest BCUT2D eigenvalue weighted by atomic mass is 16.7. The van der Waals surface area contributed by atoms with Gasteiger partial charge in [0.1, 0.15) is 0 Å². The highest BCUT2D eigenvalue weighted by Crippen LogP contribution is 2.31. The Bertz CT molecular complexity index is 426. The number of hydrogen-bond donors (Lipinski definition) is 0. The third-order valence-corrected chi connectivity index (χ3v) is 2.66. The van der Waals surface area contributed by atoms with Gasteiger partial charge in [-0.3, -0.25) is 9.59 Å². The van der Waals surface area contributed by atoms with E-state index < -0.39 is 11.8 Å². The third kappa shape index (κ3) is 2.84. The zero-order valence-corrected chi connectivity index (χ0v) is 9.64. The van der Waals surface area contributed by atoms with Crippen molar-refractivity contribution >= 4 is 11.9 Å². The summed E-state index contributed by atoms with van der Waals surface area (Å²) < 4.78 is 10.4. The molecule has 17 heavy (non-hydrogen) atoms. The second kappa shape index (κ2) is 4.57. The fraction of sp³-hybridized carbons (Fsp3) is 0.385. The molecule has 4 heteroatoms. The zero-order valence-electron chi connectivity index (χ0n) is 9.64. The van der Waals surface area contributed by atoms with Gasteiger partial charge in [0.25, 0.3) is 5.79 Å². The predicted octanol–water partition coefficient (Wildman–Crippen LogP) is 1.83. The summed E-state index contributed by atoms with van der Waals surface area (Å²) in [5.41, 5.74) is 0.975. The van der Waals surface area contributed by atoms with Gasteiger partial charge < -0.3 is 9.47 Å². The summed E-state index contributed by atoms with van der Waals surface area (Å²) in [6.45, 7) is 1.32. The van der Waals surface area contributed by atoms with E-state index in [1.165, 1.54) is 6.92 Å². The van der Waals surface area contributed by atoms with E-state index in [0.717, 1.165) is 5.56 Å². The van der Waals surface area contributed by atoms with Gasteiger partial charge in [0, 0.05) is 13.3 Å². The van der Waals surface area contributed by atoms with Crippen molar-refractivity contribution in [2.45, 2.75) is 32.0 Å². The highest BCUT2D eigenvalue weighted by Gasteiger charge is 2.43. The first-order valence-corrected chi connectivity index (χ1v) is 5.55. The van der Waals surface area contributed by atoms with E-state index in [1.807, 2.05) is 30.3 Å². The second-order valence-electron chi connectivity index (χ2n) is 4.14. The van der Waals surface area contributed by atoms with Crippen LogP contribution in [0.25, 0.3) is 0 Å². The maximum Gasteiger partial charge on any atom is 0.309 e. The van der Waals surface area contributed by atoms with E-state index in [0.29, 0.717) is 19.3 Å². The minimum atomic E-state index is -1.11. The summed E-state index contributed by atoms with van der Waals surface area (Å²) in [6.07, 6.45) is 1.11. The fourth-order valence-electron chi connectivity index (χ4n) is 2.00. The van der Waals surface area contributed by atoms with Gasteiger partial charge in [-0.1, -0.05) is 30.3 Å². The summed E-state index contributed by atoms with van der Waals surface area (Å²) in [5.74, 6) is -1.86. The topological polar surface area (TPSA) is 52.6 Å². The Balaban J connectivity index is 2.17. The summed E-state index contributed by atoms with van der Waals surface area (Å²) >= 11 is 0. The van der Waals surface area contributed by atoms with Gasteiger partial charge in [-0.25, -0.2) is 0 Å². The summed E-state index contributed by atoms with van der Waals surface area (Å²) in [4.78, 5) is 22.3. The highest BCUT2D eigenvalue weighted by molar-refractivity contribution is 5.73. The van der Waals surface area contributed by atoms with Gasteiger partial charge >= 0.3 is 11.9 Å². The van der Waals surface area contributed by atoms with Gasteiger partial charge in [0.2, 0.25) is 0 Å². The summed E-state index contributed by atoms with van der Waals surface area (Å²) in [5, 5.41) is 0. The molecule has 1 aliphatic rings. The lowest BCUT2D eigenvalue weighted by atomic mass is 10.0. The molecule has 1 saturated heterocycles. The molecule has 0 radical (unpaired) electrons. The van der Waals surface area contributed by atoms with Crippen LogP contribution in [0.5, 0.6) is 0 Å². The van der Waals surface area contributed by atoms with Gasteiger partial charge in [-0.2, -0.15) is 0 Å². The molecular weight excluding hydrogens is 220 g/mol. The Hall–Kier alpha value is -1.84. The summed E-state index contributed by atoms with van der Waals surface area (Å²) in [6, 6.07) is 9.53. The molecule has 0 aliphatic carbocycles. The van der Waals surface area contributed by atoms with Gasteiger partial charge in [0.15, 0.2) is 0 Å². The molecule has 0 aromatic heterocycles. The molecule has 0 spiro atoms. The number of benzene rings is 1. The van der Waals surface area contributed by atoms with Crippen LogP contribution in [-0.2, 0) is 25.5 Å². The van der Waals surface area contributed by atoms with Crippen LogP contribution < -0.4 is 0 Å². The molecule has 1 heterocycles. The molecule has 90 valence electrons. The largest absolute Gasteiger partial charge is 0.422 e. The average molecular weight is 234 g/mol. The molecule has 0 amide bonds. The zero-order chi connectivity index (χ0) is 12.3. The van der Waals surface area contributed by atoms with Crippen LogP contribution in [-0.4, -0.2) is 17.7 Å². The Morgan fingerprint density at radius 3 is 2.65 bits per heavy atom. The van der Waals surface area contributed by atoms with Gasteiger partial charge in [-0.05, 0) is 5.56 Å². The van der Waals surface area contributed by atoms with Crippen molar-refractivity contribution in [2.24, 2.45) is 0 Å². The Morgan fingerprint density at radius 2 is 2.12 bits per heavy atom. The number of rotatable bonds is 3. The van der Waals surface area contributed by atoms with Crippen LogP contribution >= 0.6 is 0 Å². The number of ether oxygens (including phenoxy) is 2. The first-order chi connectivity index (χ1) is 8.10. The average Bonchev–Trinajstić information content (AvgIpc) is 2.60. The van der Waals surface area contributed by atoms with Crippen LogP contribution in [0, 0.1) is 0 Å². The Morgan fingerprint density at radius 1 is 1.41 bits per heavy atom. The van der Waals surface area contributed by atoms with E-state index >= 15 is 0 Å². The molecule has 0 N–H and O–H groups in total. The van der Waals surface area contributed by atoms with Crippen LogP contribution in [0.2, 0.25) is 0 Å². The van der Waals surface area contributed by atoms with E-state index in [1.54, 1.807) is 0 Å². The third-order valence-electron chi connectivity index (χ3n) is 2.66. The van der Waals surface area contributed by atoms with Crippen LogP contribution in [0.3, 0.4) is 0 Å². The number of carbonyl (C=O) groups is 2. The minimum Gasteiger partial charge on any atom is -0.422 e. The van der Waals surface area contributed by atoms with Crippen molar-refractivity contribution in [2.75, 3.05) is 0 Å². The summed E-state index contributed by atoms with van der Waals surface area (Å²) in [7, 11) is 0. The normalized spacial score (nSPS) is 23.2. The van der Waals surface area contributed by atoms with E-state index in [-0.39, 0.29) is 5.97 Å². The van der Waals surface area contributed by atoms with E-state index in [4.69, 9.17) is 9.47 Å². The molecule has 1 fully saturated rings. The van der Waals surface area contributed by atoms with Crippen molar-refractivity contribution < 1.29 is 19.1 Å². The van der Waals surface area contributed by atoms with Crippen LogP contribution in [0.4, 0.5) is 0 Å². The molecule has 1 aromatic carbocycles. The maximum atomic E-state index is 11.2. The molecule has 1 unspecified atom stereocenters. The SMILES string of the molecule is CC(=O)OC1(Cc2ccccc2)CCC(=O)O1. The lowest BCUT2D eigenvalue weighted by Crippen LogP contribution is -2.36. The van der Waals surface area contributed by atoms with Gasteiger partial charge in [-0.15, -0.1) is 0 Å². The molecule has 0 bridgehead atoms. The van der Waals surface area contributed by atoms with Crippen molar-refractivity contribution in [1.29, 1.82) is 0 Å². The molecule has 1 aliphatic heterocycles. The second-order valence-corrected chi connectivity index (χ2v) is 4.14. The van der Waals surface area contributed by atoms with E-state index in [2.05, 4.69) is 0 Å². The number of hydrogen-bond acceptors (Lipinski definition) is 4. The molecule has 1 atom stereocenters. The molecule has 4 nitrogen and oxygen atoms in total. The van der Waals surface area contributed by atoms with Crippen molar-refractivity contribution in [1.82, 2.24) is 0 Å². The lowest BCUT2D eigenvalue weighted by Gasteiger charge is -2.26. The number of esters is 2. The molecule has 1 aromatic rings. The molecule has 2 rings (SSSR count).